The third-order valence-electron chi connectivity index (χ3n) is 11.5. The monoisotopic (exact) mass is 372 g/mol. The van der Waals surface area contributed by atoms with Gasteiger partial charge >= 0.3 is 0 Å². The van der Waals surface area contributed by atoms with Crippen LogP contribution in [0.1, 0.15) is 105 Å². The van der Waals surface area contributed by atoms with Crippen LogP contribution in [0.5, 0.6) is 0 Å². The van der Waals surface area contributed by atoms with Gasteiger partial charge in [0.05, 0.1) is 5.60 Å². The largest absolute Gasteiger partial charge is 0.375 e. The van der Waals surface area contributed by atoms with Gasteiger partial charge in [0, 0.05) is 6.61 Å². The Bertz CT molecular complexity index is 571. The molecule has 1 heteroatoms. The molecule has 0 spiro atoms. The van der Waals surface area contributed by atoms with Crippen LogP contribution in [-0.2, 0) is 4.74 Å². The van der Waals surface area contributed by atoms with Crippen LogP contribution in [-0.4, -0.2) is 12.2 Å². The zero-order valence-corrected chi connectivity index (χ0v) is 18.6. The molecule has 1 heterocycles. The smallest absolute Gasteiger partial charge is 0.0716 e. The van der Waals surface area contributed by atoms with E-state index in [9.17, 15) is 0 Å². The average molecular weight is 373 g/mol. The number of ether oxygens (including phenoxy) is 1. The Hall–Kier alpha value is -0.0400. The van der Waals surface area contributed by atoms with Gasteiger partial charge in [-0.15, -0.1) is 0 Å². The molecule has 4 saturated carbocycles. The summed E-state index contributed by atoms with van der Waals surface area (Å²) in [6.07, 6.45) is 17.7. The molecule has 27 heavy (non-hydrogen) atoms. The lowest BCUT2D eigenvalue weighted by Crippen LogP contribution is -2.55. The van der Waals surface area contributed by atoms with Crippen molar-refractivity contribution in [2.75, 3.05) is 6.61 Å². The molecule has 1 nitrogen and oxygen atoms in total. The van der Waals surface area contributed by atoms with Crippen molar-refractivity contribution in [2.45, 2.75) is 110 Å². The minimum Gasteiger partial charge on any atom is -0.375 e. The second kappa shape index (κ2) is 6.48. The van der Waals surface area contributed by atoms with E-state index in [4.69, 9.17) is 4.74 Å². The van der Waals surface area contributed by atoms with Crippen LogP contribution in [0.3, 0.4) is 0 Å². The summed E-state index contributed by atoms with van der Waals surface area (Å²) < 4.78 is 6.58. The zero-order chi connectivity index (χ0) is 18.9. The van der Waals surface area contributed by atoms with Crippen molar-refractivity contribution in [3.63, 3.8) is 0 Å². The molecule has 9 unspecified atom stereocenters. The lowest BCUT2D eigenvalue weighted by atomic mass is 9.44. The predicted molar refractivity (Wildman–Crippen MR) is 113 cm³/mol. The minimum absolute atomic E-state index is 0.164. The normalized spacial score (nSPS) is 57.8. The first-order valence-corrected chi connectivity index (χ1v) is 12.6. The third kappa shape index (κ3) is 2.52. The number of fused-ring (bicyclic) bond motifs is 5. The second-order valence-electron chi connectivity index (χ2n) is 12.0. The fraction of sp³-hybridized carbons (Fsp3) is 1.00. The Morgan fingerprint density at radius 1 is 0.778 bits per heavy atom. The standard InChI is InChI=1S/C26H44O/c1-5-18-14-17-27-26(18,4)23-12-11-21-20-10-9-19-8-6-7-15-24(19,2)22(20)13-16-25(21,23)3/h18-23H,5-17H2,1-4H3. The summed E-state index contributed by atoms with van der Waals surface area (Å²) in [5.41, 5.74) is 1.39. The highest BCUT2D eigenvalue weighted by Crippen LogP contribution is 2.69. The van der Waals surface area contributed by atoms with Crippen molar-refractivity contribution >= 4 is 0 Å². The molecule has 5 aliphatic rings. The number of rotatable bonds is 2. The predicted octanol–water partition coefficient (Wildman–Crippen LogP) is 7.24. The summed E-state index contributed by atoms with van der Waals surface area (Å²) in [5.74, 6) is 5.70. The van der Waals surface area contributed by atoms with E-state index in [1.165, 1.54) is 64.2 Å². The number of hydrogen-bond acceptors (Lipinski definition) is 1. The molecule has 0 bridgehead atoms. The van der Waals surface area contributed by atoms with Crippen LogP contribution >= 0.6 is 0 Å². The first-order chi connectivity index (χ1) is 12.9. The van der Waals surface area contributed by atoms with Gasteiger partial charge in [0.2, 0.25) is 0 Å². The Balaban J connectivity index is 1.43. The van der Waals surface area contributed by atoms with E-state index in [-0.39, 0.29) is 5.60 Å². The summed E-state index contributed by atoms with van der Waals surface area (Å²) in [6, 6.07) is 0. The molecule has 0 N–H and O–H groups in total. The van der Waals surface area contributed by atoms with E-state index in [1.54, 1.807) is 12.8 Å². The lowest BCUT2D eigenvalue weighted by Gasteiger charge is -2.61. The molecule has 0 aromatic heterocycles. The van der Waals surface area contributed by atoms with Gasteiger partial charge in [0.1, 0.15) is 0 Å². The molecular weight excluding hydrogens is 328 g/mol. The molecule has 0 radical (unpaired) electrons. The summed E-state index contributed by atoms with van der Waals surface area (Å²) in [6.45, 7) is 11.3. The first kappa shape index (κ1) is 19.0. The zero-order valence-electron chi connectivity index (χ0n) is 18.6. The molecule has 1 saturated heterocycles. The fourth-order valence-electron chi connectivity index (χ4n) is 10.1. The van der Waals surface area contributed by atoms with E-state index in [2.05, 4.69) is 27.7 Å². The van der Waals surface area contributed by atoms with Crippen molar-refractivity contribution in [3.8, 4) is 0 Å². The molecule has 5 fully saturated rings. The van der Waals surface area contributed by atoms with Crippen molar-refractivity contribution in [3.05, 3.63) is 0 Å². The highest BCUT2D eigenvalue weighted by molar-refractivity contribution is 5.13. The topological polar surface area (TPSA) is 9.23 Å². The number of hydrogen-bond donors (Lipinski definition) is 0. The van der Waals surface area contributed by atoms with Crippen LogP contribution in [0.2, 0.25) is 0 Å². The van der Waals surface area contributed by atoms with Crippen molar-refractivity contribution in [1.82, 2.24) is 0 Å². The molecule has 9 atom stereocenters. The minimum atomic E-state index is 0.164. The van der Waals surface area contributed by atoms with Crippen molar-refractivity contribution in [1.29, 1.82) is 0 Å². The molecule has 0 aromatic rings. The Kier molecular flexibility index (Phi) is 4.55. The average Bonchev–Trinajstić information content (AvgIpc) is 3.21. The van der Waals surface area contributed by atoms with E-state index >= 15 is 0 Å². The van der Waals surface area contributed by atoms with Gasteiger partial charge < -0.3 is 4.74 Å². The SMILES string of the molecule is CCC1CCOC1(C)C1CCC2C3CCC4CCCCC4(C)C3CCC21C. The van der Waals surface area contributed by atoms with Crippen LogP contribution in [0.15, 0.2) is 0 Å². The van der Waals surface area contributed by atoms with Gasteiger partial charge in [-0.25, -0.2) is 0 Å². The quantitative estimate of drug-likeness (QED) is 0.496. The van der Waals surface area contributed by atoms with E-state index in [1.807, 2.05) is 0 Å². The summed E-state index contributed by atoms with van der Waals surface area (Å²) in [5, 5.41) is 0. The van der Waals surface area contributed by atoms with E-state index in [0.29, 0.717) is 10.8 Å². The molecule has 154 valence electrons. The second-order valence-corrected chi connectivity index (χ2v) is 12.0. The Labute approximate surface area is 168 Å². The molecular formula is C26H44O. The fourth-order valence-corrected chi connectivity index (χ4v) is 10.1. The lowest BCUT2D eigenvalue weighted by molar-refractivity contribution is -0.145. The van der Waals surface area contributed by atoms with Crippen LogP contribution < -0.4 is 0 Å². The molecule has 4 aliphatic carbocycles. The maximum Gasteiger partial charge on any atom is 0.0716 e. The maximum atomic E-state index is 6.58. The van der Waals surface area contributed by atoms with Gasteiger partial charge in [0.15, 0.2) is 0 Å². The molecule has 5 rings (SSSR count). The van der Waals surface area contributed by atoms with Gasteiger partial charge in [0.25, 0.3) is 0 Å². The Morgan fingerprint density at radius 3 is 2.41 bits per heavy atom. The molecule has 0 aromatic carbocycles. The summed E-state index contributed by atoms with van der Waals surface area (Å²) in [4.78, 5) is 0. The first-order valence-electron chi connectivity index (χ1n) is 12.6. The maximum absolute atomic E-state index is 6.58. The highest BCUT2D eigenvalue weighted by atomic mass is 16.5. The molecule has 0 amide bonds. The highest BCUT2D eigenvalue weighted by Gasteiger charge is 2.63. The van der Waals surface area contributed by atoms with Crippen LogP contribution in [0.4, 0.5) is 0 Å². The summed E-state index contributed by atoms with van der Waals surface area (Å²) in [7, 11) is 0. The van der Waals surface area contributed by atoms with Gasteiger partial charge in [-0.1, -0.05) is 40.0 Å². The van der Waals surface area contributed by atoms with Crippen LogP contribution in [0, 0.1) is 46.3 Å². The van der Waals surface area contributed by atoms with Gasteiger partial charge in [-0.2, -0.15) is 0 Å². The van der Waals surface area contributed by atoms with Crippen molar-refractivity contribution in [2.24, 2.45) is 46.3 Å². The Morgan fingerprint density at radius 2 is 1.59 bits per heavy atom. The van der Waals surface area contributed by atoms with Crippen LogP contribution in [0.25, 0.3) is 0 Å². The third-order valence-corrected chi connectivity index (χ3v) is 11.5. The van der Waals surface area contributed by atoms with E-state index in [0.717, 1.165) is 42.1 Å². The van der Waals surface area contributed by atoms with Gasteiger partial charge in [-0.3, -0.25) is 0 Å². The summed E-state index contributed by atoms with van der Waals surface area (Å²) >= 11 is 0. The van der Waals surface area contributed by atoms with E-state index < -0.39 is 0 Å². The molecule has 1 aliphatic heterocycles. The van der Waals surface area contributed by atoms with Crippen molar-refractivity contribution < 1.29 is 4.74 Å². The van der Waals surface area contributed by atoms with Gasteiger partial charge in [-0.05, 0) is 111 Å².